The Labute approximate surface area is 159 Å². The van der Waals surface area contributed by atoms with Gasteiger partial charge in [0.15, 0.2) is 23.9 Å². The summed E-state index contributed by atoms with van der Waals surface area (Å²) < 4.78 is 16.0. The van der Waals surface area contributed by atoms with Crippen molar-refractivity contribution in [3.05, 3.63) is 52.3 Å². The summed E-state index contributed by atoms with van der Waals surface area (Å²) in [7, 11) is 3.03. The van der Waals surface area contributed by atoms with Crippen LogP contribution in [-0.2, 0) is 0 Å². The zero-order chi connectivity index (χ0) is 18.7. The van der Waals surface area contributed by atoms with Crippen molar-refractivity contribution in [2.45, 2.75) is 0 Å². The van der Waals surface area contributed by atoms with Gasteiger partial charge in [0.05, 0.1) is 30.1 Å². The average molecular weight is 393 g/mol. The Bertz CT molecular complexity index is 979. The summed E-state index contributed by atoms with van der Waals surface area (Å²) in [6.07, 6.45) is 1.32. The van der Waals surface area contributed by atoms with E-state index in [-0.39, 0.29) is 18.3 Å². The molecule has 3 rings (SSSR count). The first-order chi connectivity index (χ1) is 12.5. The third-order valence-electron chi connectivity index (χ3n) is 3.67. The Morgan fingerprint density at radius 2 is 1.81 bits per heavy atom. The molecule has 0 spiro atoms. The van der Waals surface area contributed by atoms with Crippen molar-refractivity contribution in [1.82, 2.24) is 9.97 Å². The Balaban J connectivity index is 1.83. The number of aromatic nitrogens is 2. The number of nitrogens with zero attached hydrogens (tertiary/aromatic N) is 2. The minimum absolute atomic E-state index is 0.217. The zero-order valence-electron chi connectivity index (χ0n) is 14.0. The van der Waals surface area contributed by atoms with Gasteiger partial charge in [-0.1, -0.05) is 23.2 Å². The van der Waals surface area contributed by atoms with Crippen LogP contribution in [-0.4, -0.2) is 36.6 Å². The first kappa shape index (κ1) is 18.2. The second-order valence-electron chi connectivity index (χ2n) is 5.24. The van der Waals surface area contributed by atoms with Gasteiger partial charge in [0.2, 0.25) is 5.88 Å². The van der Waals surface area contributed by atoms with Gasteiger partial charge in [-0.3, -0.25) is 4.79 Å². The van der Waals surface area contributed by atoms with Crippen molar-refractivity contribution in [2.24, 2.45) is 0 Å². The lowest BCUT2D eigenvalue weighted by Crippen LogP contribution is -2.12. The van der Waals surface area contributed by atoms with E-state index in [1.807, 2.05) is 0 Å². The number of hydrogen-bond acceptors (Lipinski definition) is 6. The molecule has 1 aromatic heterocycles. The highest BCUT2D eigenvalue weighted by molar-refractivity contribution is 6.38. The highest BCUT2D eigenvalue weighted by atomic mass is 35.5. The van der Waals surface area contributed by atoms with E-state index in [1.54, 1.807) is 30.3 Å². The van der Waals surface area contributed by atoms with E-state index >= 15 is 0 Å². The Hall–Kier alpha value is -2.57. The predicted molar refractivity (Wildman–Crippen MR) is 98.9 cm³/mol. The van der Waals surface area contributed by atoms with Crippen LogP contribution < -0.4 is 14.2 Å². The van der Waals surface area contributed by atoms with Crippen LogP contribution in [0.3, 0.4) is 0 Å². The zero-order valence-corrected chi connectivity index (χ0v) is 15.5. The van der Waals surface area contributed by atoms with Crippen molar-refractivity contribution in [1.29, 1.82) is 0 Å². The smallest absolute Gasteiger partial charge is 0.225 e. The highest BCUT2D eigenvalue weighted by Gasteiger charge is 2.14. The molecule has 134 valence electrons. The summed E-state index contributed by atoms with van der Waals surface area (Å²) in [5.74, 6) is 0.986. The van der Waals surface area contributed by atoms with Gasteiger partial charge in [0.25, 0.3) is 0 Å². The van der Waals surface area contributed by atoms with E-state index in [0.29, 0.717) is 38.0 Å². The van der Waals surface area contributed by atoms with Crippen LogP contribution >= 0.6 is 23.2 Å². The quantitative estimate of drug-likeness (QED) is 0.585. The number of Topliss-reactive ketones (excluding diaryl/α,β-unsaturated/α-hetero) is 1. The van der Waals surface area contributed by atoms with E-state index in [1.165, 1.54) is 20.5 Å². The summed E-state index contributed by atoms with van der Waals surface area (Å²) in [6, 6.07) is 8.11. The van der Waals surface area contributed by atoms with Crippen molar-refractivity contribution in [3.63, 3.8) is 0 Å². The maximum Gasteiger partial charge on any atom is 0.225 e. The summed E-state index contributed by atoms with van der Waals surface area (Å²) in [4.78, 5) is 20.6. The topological polar surface area (TPSA) is 70.5 Å². The molecule has 1 heterocycles. The van der Waals surface area contributed by atoms with Crippen molar-refractivity contribution in [2.75, 3.05) is 20.8 Å². The molecule has 0 saturated heterocycles. The van der Waals surface area contributed by atoms with Gasteiger partial charge >= 0.3 is 0 Å². The maximum absolute atomic E-state index is 12.4. The second-order valence-corrected chi connectivity index (χ2v) is 6.09. The fourth-order valence-electron chi connectivity index (χ4n) is 2.41. The van der Waals surface area contributed by atoms with Crippen LogP contribution in [0.5, 0.6) is 17.4 Å². The van der Waals surface area contributed by atoms with Gasteiger partial charge in [-0.25, -0.2) is 9.97 Å². The molecule has 0 unspecified atom stereocenters. The average Bonchev–Trinajstić information content (AvgIpc) is 2.65. The first-order valence-corrected chi connectivity index (χ1v) is 8.27. The standard InChI is InChI=1S/C18H14Cl2N2O4/c1-24-15-4-3-10(5-16(15)25-2)14(23)8-26-18-12-6-11(19)7-13(20)17(12)21-9-22-18/h3-7,9H,8H2,1-2H3. The van der Waals surface area contributed by atoms with Crippen LogP contribution in [0.15, 0.2) is 36.7 Å². The predicted octanol–water partition coefficient (Wildman–Crippen LogP) is 4.22. The Kier molecular flexibility index (Phi) is 5.44. The van der Waals surface area contributed by atoms with Crippen molar-refractivity contribution in [3.8, 4) is 17.4 Å². The number of ether oxygens (including phenoxy) is 3. The van der Waals surface area contributed by atoms with Crippen LogP contribution in [0.4, 0.5) is 0 Å². The molecule has 0 aliphatic heterocycles. The molecule has 0 atom stereocenters. The molecule has 0 radical (unpaired) electrons. The maximum atomic E-state index is 12.4. The molecule has 8 heteroatoms. The van der Waals surface area contributed by atoms with Gasteiger partial charge in [-0.05, 0) is 30.3 Å². The number of carbonyl (C=O) groups excluding carboxylic acids is 1. The Morgan fingerprint density at radius 1 is 1.04 bits per heavy atom. The number of benzene rings is 2. The third kappa shape index (κ3) is 3.66. The molecule has 0 amide bonds. The second kappa shape index (κ2) is 7.76. The Morgan fingerprint density at radius 3 is 2.54 bits per heavy atom. The molecular formula is C18H14Cl2N2O4. The number of halogens is 2. The number of carbonyl (C=O) groups is 1. The van der Waals surface area contributed by atoms with Gasteiger partial charge in [0.1, 0.15) is 6.33 Å². The first-order valence-electron chi connectivity index (χ1n) is 7.51. The van der Waals surface area contributed by atoms with Crippen LogP contribution in [0.25, 0.3) is 10.9 Å². The lowest BCUT2D eigenvalue weighted by atomic mass is 10.1. The van der Waals surface area contributed by atoms with E-state index < -0.39 is 0 Å². The molecule has 0 aliphatic rings. The molecular weight excluding hydrogens is 379 g/mol. The largest absolute Gasteiger partial charge is 0.493 e. The molecule has 3 aromatic rings. The molecule has 6 nitrogen and oxygen atoms in total. The summed E-state index contributed by atoms with van der Waals surface area (Å²) in [5, 5.41) is 1.34. The van der Waals surface area contributed by atoms with Gasteiger partial charge in [-0.15, -0.1) is 0 Å². The summed E-state index contributed by atoms with van der Waals surface area (Å²) in [6.45, 7) is -0.217. The third-order valence-corrected chi connectivity index (χ3v) is 4.17. The monoisotopic (exact) mass is 392 g/mol. The minimum Gasteiger partial charge on any atom is -0.493 e. The van der Waals surface area contributed by atoms with Crippen LogP contribution in [0.2, 0.25) is 10.0 Å². The molecule has 0 N–H and O–H groups in total. The fraction of sp³-hybridized carbons (Fsp3) is 0.167. The number of methoxy groups -OCH3 is 2. The van der Waals surface area contributed by atoms with E-state index in [0.717, 1.165) is 0 Å². The SMILES string of the molecule is COc1ccc(C(=O)COc2ncnc3c(Cl)cc(Cl)cc23)cc1OC. The number of hydrogen-bond donors (Lipinski definition) is 0. The van der Waals surface area contributed by atoms with E-state index in [9.17, 15) is 4.79 Å². The van der Waals surface area contributed by atoms with E-state index in [4.69, 9.17) is 37.4 Å². The highest BCUT2D eigenvalue weighted by Crippen LogP contribution is 2.31. The van der Waals surface area contributed by atoms with E-state index in [2.05, 4.69) is 9.97 Å². The fourth-order valence-corrected chi connectivity index (χ4v) is 2.95. The lowest BCUT2D eigenvalue weighted by molar-refractivity contribution is 0.0919. The minimum atomic E-state index is -0.245. The number of rotatable bonds is 6. The molecule has 0 fully saturated rings. The van der Waals surface area contributed by atoms with Gasteiger partial charge in [0, 0.05) is 10.6 Å². The molecule has 0 saturated carbocycles. The number of ketones is 1. The molecule has 0 aliphatic carbocycles. The van der Waals surface area contributed by atoms with Crippen molar-refractivity contribution >= 4 is 39.9 Å². The normalized spacial score (nSPS) is 10.6. The lowest BCUT2D eigenvalue weighted by Gasteiger charge is -2.10. The van der Waals surface area contributed by atoms with Crippen molar-refractivity contribution < 1.29 is 19.0 Å². The van der Waals surface area contributed by atoms with Crippen LogP contribution in [0.1, 0.15) is 10.4 Å². The molecule has 2 aromatic carbocycles. The number of fused-ring (bicyclic) bond motifs is 1. The van der Waals surface area contributed by atoms with Crippen LogP contribution in [0, 0.1) is 0 Å². The summed E-state index contributed by atoms with van der Waals surface area (Å²) >= 11 is 12.2. The van der Waals surface area contributed by atoms with Gasteiger partial charge < -0.3 is 14.2 Å². The summed E-state index contributed by atoms with van der Waals surface area (Å²) in [5.41, 5.74) is 0.928. The van der Waals surface area contributed by atoms with Gasteiger partial charge in [-0.2, -0.15) is 0 Å². The molecule has 26 heavy (non-hydrogen) atoms. The molecule has 0 bridgehead atoms.